The first-order valence-corrected chi connectivity index (χ1v) is 9.07. The summed E-state index contributed by atoms with van der Waals surface area (Å²) in [6, 6.07) is 4.70. The van der Waals surface area contributed by atoms with Crippen LogP contribution in [0.25, 0.3) is 5.69 Å². The molecule has 0 unspecified atom stereocenters. The van der Waals surface area contributed by atoms with Crippen LogP contribution in [0.5, 0.6) is 5.75 Å². The van der Waals surface area contributed by atoms with Gasteiger partial charge in [0.25, 0.3) is 5.91 Å². The molecule has 0 saturated heterocycles. The highest BCUT2D eigenvalue weighted by atomic mass is 19.4. The summed E-state index contributed by atoms with van der Waals surface area (Å²) < 4.78 is 100. The number of alkyl halides is 3. The molecule has 0 radical (unpaired) electrons. The molecule has 1 amide bonds. The Labute approximate surface area is 193 Å². The Balaban J connectivity index is 2.03. The number of hydrogen-bond acceptors (Lipinski definition) is 7. The molecule has 190 valence electrons. The van der Waals surface area contributed by atoms with Crippen LogP contribution in [0.3, 0.4) is 0 Å². The van der Waals surface area contributed by atoms with E-state index in [1.54, 1.807) is 5.32 Å². The molecule has 0 aliphatic heterocycles. The number of carbonyl (C=O) groups excluding carboxylic acids is 1. The van der Waals surface area contributed by atoms with Gasteiger partial charge in [0.15, 0.2) is 35.6 Å². The number of carbonyl (C=O) groups is 1. The van der Waals surface area contributed by atoms with Crippen LogP contribution in [-0.4, -0.2) is 32.1 Å². The van der Waals surface area contributed by atoms with Crippen LogP contribution >= 0.6 is 0 Å². The molecule has 1 N–H and O–H groups in total. The minimum absolute atomic E-state index is 0.238. The molecule has 0 aliphatic carbocycles. The smallest absolute Gasteiger partial charge is 0.422 e. The number of nitro groups is 2. The first-order chi connectivity index (χ1) is 16.8. The molecule has 3 aromatic rings. The van der Waals surface area contributed by atoms with Gasteiger partial charge in [0.2, 0.25) is 5.82 Å². The number of amides is 1. The second-order valence-electron chi connectivity index (χ2n) is 6.59. The lowest BCUT2D eigenvalue weighted by Gasteiger charge is -2.15. The number of benzene rings is 2. The van der Waals surface area contributed by atoms with Crippen molar-refractivity contribution in [3.63, 3.8) is 0 Å². The Kier molecular flexibility index (Phi) is 6.80. The second kappa shape index (κ2) is 9.47. The lowest BCUT2D eigenvalue weighted by molar-refractivity contribution is -0.385. The summed E-state index contributed by atoms with van der Waals surface area (Å²) in [4.78, 5) is 32.4. The first-order valence-electron chi connectivity index (χ1n) is 9.07. The van der Waals surface area contributed by atoms with Crippen LogP contribution in [0.1, 0.15) is 5.56 Å². The predicted octanol–water partition coefficient (Wildman–Crippen LogP) is 4.28. The van der Waals surface area contributed by atoms with Crippen molar-refractivity contribution in [1.29, 1.82) is 0 Å². The summed E-state index contributed by atoms with van der Waals surface area (Å²) >= 11 is 0. The third-order valence-corrected chi connectivity index (χ3v) is 4.36. The van der Waals surface area contributed by atoms with Crippen LogP contribution in [0.4, 0.5) is 47.9 Å². The molecular weight excluding hydrogens is 515 g/mol. The molecule has 36 heavy (non-hydrogen) atoms. The van der Waals surface area contributed by atoms with Gasteiger partial charge in [-0.05, 0) is 6.07 Å². The number of rotatable bonds is 7. The fraction of sp³-hybridized carbons (Fsp3) is 0.111. The molecule has 0 aliphatic rings. The number of nitrogens with one attached hydrogen (secondary N) is 1. The van der Waals surface area contributed by atoms with Gasteiger partial charge in [-0.25, -0.2) is 22.2 Å². The minimum Gasteiger partial charge on any atom is -0.477 e. The summed E-state index contributed by atoms with van der Waals surface area (Å²) in [5.41, 5.74) is -6.60. The topological polar surface area (TPSA) is 142 Å². The Morgan fingerprint density at radius 2 is 1.53 bits per heavy atom. The van der Waals surface area contributed by atoms with Crippen molar-refractivity contribution >= 4 is 23.1 Å². The molecule has 18 heteroatoms. The number of aromatic nitrogens is 2. The fourth-order valence-electron chi connectivity index (χ4n) is 2.86. The number of para-hydroxylation sites is 2. The molecule has 0 spiro atoms. The van der Waals surface area contributed by atoms with Crippen LogP contribution < -0.4 is 10.1 Å². The van der Waals surface area contributed by atoms with E-state index >= 15 is 0 Å². The van der Waals surface area contributed by atoms with Crippen molar-refractivity contribution in [3.05, 3.63) is 79.5 Å². The molecule has 1 heterocycles. The molecule has 0 fully saturated rings. The average molecular weight is 523 g/mol. The van der Waals surface area contributed by atoms with E-state index in [4.69, 9.17) is 4.74 Å². The molecule has 3 rings (SSSR count). The maximum atomic E-state index is 14.4. The Hall–Kier alpha value is -4.77. The van der Waals surface area contributed by atoms with Gasteiger partial charge in [0.1, 0.15) is 17.4 Å². The first kappa shape index (κ1) is 25.8. The third-order valence-electron chi connectivity index (χ3n) is 4.36. The van der Waals surface area contributed by atoms with Gasteiger partial charge >= 0.3 is 17.6 Å². The van der Waals surface area contributed by atoms with Crippen molar-refractivity contribution in [1.82, 2.24) is 9.78 Å². The summed E-state index contributed by atoms with van der Waals surface area (Å²) in [7, 11) is 0. The predicted molar refractivity (Wildman–Crippen MR) is 102 cm³/mol. The van der Waals surface area contributed by atoms with Gasteiger partial charge in [-0.3, -0.25) is 25.0 Å². The van der Waals surface area contributed by atoms with Gasteiger partial charge in [-0.15, -0.1) is 0 Å². The quantitative estimate of drug-likeness (QED) is 0.211. The second-order valence-corrected chi connectivity index (χ2v) is 6.59. The van der Waals surface area contributed by atoms with Crippen molar-refractivity contribution in [2.45, 2.75) is 6.18 Å². The molecule has 0 bridgehead atoms. The maximum Gasteiger partial charge on any atom is 0.422 e. The van der Waals surface area contributed by atoms with E-state index in [1.807, 2.05) is 0 Å². The van der Waals surface area contributed by atoms with Gasteiger partial charge in [-0.2, -0.15) is 18.3 Å². The highest BCUT2D eigenvalue weighted by Gasteiger charge is 2.43. The van der Waals surface area contributed by atoms with Crippen molar-refractivity contribution in [3.8, 4) is 11.4 Å². The van der Waals surface area contributed by atoms with E-state index in [9.17, 15) is 55.8 Å². The molecular formula is C18H8F7N5O6. The number of ether oxygens (including phenoxy) is 1. The minimum atomic E-state index is -5.85. The largest absolute Gasteiger partial charge is 0.477 e. The zero-order valence-electron chi connectivity index (χ0n) is 17.0. The number of anilines is 1. The van der Waals surface area contributed by atoms with E-state index in [0.29, 0.717) is 0 Å². The van der Waals surface area contributed by atoms with E-state index in [-0.39, 0.29) is 10.9 Å². The number of hydrogen-bond donors (Lipinski definition) is 1. The third kappa shape index (κ3) is 4.72. The summed E-state index contributed by atoms with van der Waals surface area (Å²) in [5, 5.41) is 27.1. The van der Waals surface area contributed by atoms with Crippen LogP contribution in [-0.2, 0) is 11.0 Å². The highest BCUT2D eigenvalue weighted by molar-refractivity contribution is 5.93. The van der Waals surface area contributed by atoms with Gasteiger partial charge < -0.3 is 10.1 Å². The summed E-state index contributed by atoms with van der Waals surface area (Å²) in [6.07, 6.45) is -5.57. The van der Waals surface area contributed by atoms with Crippen LogP contribution in [0.15, 0.2) is 30.5 Å². The number of nitro benzene ring substituents is 1. The molecule has 11 nitrogen and oxygen atoms in total. The lowest BCUT2D eigenvalue weighted by atomic mass is 10.1. The van der Waals surface area contributed by atoms with E-state index in [0.717, 1.165) is 12.1 Å². The van der Waals surface area contributed by atoms with Gasteiger partial charge in [0.05, 0.1) is 9.85 Å². The molecule has 0 saturated carbocycles. The zero-order valence-corrected chi connectivity index (χ0v) is 17.0. The normalized spacial score (nSPS) is 11.3. The monoisotopic (exact) mass is 523 g/mol. The Morgan fingerprint density at radius 3 is 2.06 bits per heavy atom. The van der Waals surface area contributed by atoms with Gasteiger partial charge in [0, 0.05) is 6.07 Å². The van der Waals surface area contributed by atoms with Crippen molar-refractivity contribution < 1.29 is 50.1 Å². The van der Waals surface area contributed by atoms with E-state index in [1.165, 1.54) is 12.1 Å². The standard InChI is InChI=1S/C18H8F7N5O6/c19-12-11(18(23,24)25)13(20)15(22)16(14(12)21)28-17(8(5-26-28)30(34)35)27-10(31)6-36-9-4-2-1-3-7(9)29(32)33/h1-5H,6H2,(H,27,31). The lowest BCUT2D eigenvalue weighted by Crippen LogP contribution is -2.24. The van der Waals surface area contributed by atoms with E-state index in [2.05, 4.69) is 5.10 Å². The Bertz CT molecular complexity index is 1360. The molecule has 1 aromatic heterocycles. The van der Waals surface area contributed by atoms with Crippen LogP contribution in [0, 0.1) is 43.5 Å². The Morgan fingerprint density at radius 1 is 0.972 bits per heavy atom. The van der Waals surface area contributed by atoms with Crippen LogP contribution in [0.2, 0.25) is 0 Å². The summed E-state index contributed by atoms with van der Waals surface area (Å²) in [5.74, 6) is -13.9. The van der Waals surface area contributed by atoms with E-state index < -0.39 is 86.0 Å². The SMILES string of the molecule is O=C(COc1ccccc1[N+](=O)[O-])Nc1c([N+](=O)[O-])cnn1-c1c(F)c(F)c(C(F)(F)F)c(F)c1F. The number of nitrogens with zero attached hydrogens (tertiary/aromatic N) is 4. The maximum absolute atomic E-state index is 14.4. The van der Waals surface area contributed by atoms with Gasteiger partial charge in [-0.1, -0.05) is 12.1 Å². The molecule has 2 aromatic carbocycles. The fourth-order valence-corrected chi connectivity index (χ4v) is 2.86. The molecule has 0 atom stereocenters. The summed E-state index contributed by atoms with van der Waals surface area (Å²) in [6.45, 7) is -1.08. The number of halogens is 7. The zero-order chi connectivity index (χ0) is 26.9. The average Bonchev–Trinajstić information content (AvgIpc) is 3.19. The highest BCUT2D eigenvalue weighted by Crippen LogP contribution is 2.39. The van der Waals surface area contributed by atoms with Crippen molar-refractivity contribution in [2.75, 3.05) is 11.9 Å². The van der Waals surface area contributed by atoms with Crippen molar-refractivity contribution in [2.24, 2.45) is 0 Å².